The molecule has 0 amide bonds. The highest BCUT2D eigenvalue weighted by atomic mass is 19.1. The fourth-order valence-electron chi connectivity index (χ4n) is 4.93. The maximum atomic E-state index is 12.7. The van der Waals surface area contributed by atoms with Crippen LogP contribution in [0.5, 0.6) is 5.75 Å². The van der Waals surface area contributed by atoms with E-state index < -0.39 is 5.97 Å². The second-order valence-corrected chi connectivity index (χ2v) is 9.73. The number of halogens is 1. The number of carboxylic acid groups (broad SMARTS) is 1. The number of ether oxygens (including phenoxy) is 1. The summed E-state index contributed by atoms with van der Waals surface area (Å²) in [6.07, 6.45) is 4.21. The van der Waals surface area contributed by atoms with Gasteiger partial charge in [-0.2, -0.15) is 4.98 Å². The highest BCUT2D eigenvalue weighted by molar-refractivity contribution is 5.70. The number of hydrogen-bond donors (Lipinski definition) is 2. The minimum Gasteiger partial charge on any atom is -0.489 e. The molecule has 3 aromatic rings. The van der Waals surface area contributed by atoms with Crippen LogP contribution in [-0.2, 0) is 18.4 Å². The number of nitrogens with one attached hydrogen (secondary N) is 1. The van der Waals surface area contributed by atoms with Crippen LogP contribution in [0.3, 0.4) is 0 Å². The van der Waals surface area contributed by atoms with Crippen molar-refractivity contribution in [3.8, 4) is 17.1 Å². The first kappa shape index (κ1) is 24.1. The average molecular weight is 500 g/mol. The van der Waals surface area contributed by atoms with Crippen LogP contribution in [0.4, 0.5) is 10.3 Å². The molecule has 0 spiro atoms. The lowest BCUT2D eigenvalue weighted by Crippen LogP contribution is -2.29. The molecule has 2 fully saturated rings. The monoisotopic (exact) mass is 499 g/mol. The summed E-state index contributed by atoms with van der Waals surface area (Å²) in [5.41, 5.74) is 2.76. The lowest BCUT2D eigenvalue weighted by Gasteiger charge is -2.30. The Morgan fingerprint density at radius 1 is 1.28 bits per heavy atom. The molecular weight excluding hydrogens is 469 g/mol. The van der Waals surface area contributed by atoms with Gasteiger partial charge in [0.1, 0.15) is 11.4 Å². The highest BCUT2D eigenvalue weighted by Crippen LogP contribution is 2.41. The van der Waals surface area contributed by atoms with Crippen LogP contribution in [0.15, 0.2) is 16.7 Å². The van der Waals surface area contributed by atoms with Gasteiger partial charge in [-0.25, -0.2) is 9.67 Å². The molecule has 0 unspecified atom stereocenters. The van der Waals surface area contributed by atoms with Crippen LogP contribution < -0.4 is 10.1 Å². The molecule has 0 radical (unpaired) electrons. The van der Waals surface area contributed by atoms with Crippen LogP contribution >= 0.6 is 0 Å². The molecule has 192 valence electrons. The summed E-state index contributed by atoms with van der Waals surface area (Å²) in [4.78, 5) is 20.4. The quantitative estimate of drug-likeness (QED) is 0.448. The van der Waals surface area contributed by atoms with E-state index in [9.17, 15) is 14.3 Å². The molecule has 3 heterocycles. The normalized spacial score (nSPS) is 23.8. The van der Waals surface area contributed by atoms with E-state index in [1.165, 1.54) is 0 Å². The Kier molecular flexibility index (Phi) is 6.84. The summed E-state index contributed by atoms with van der Waals surface area (Å²) in [6.45, 7) is 1.91. The van der Waals surface area contributed by atoms with Gasteiger partial charge in [0.15, 0.2) is 0 Å². The third-order valence-electron chi connectivity index (χ3n) is 7.15. The van der Waals surface area contributed by atoms with Gasteiger partial charge in [0.2, 0.25) is 5.89 Å². The summed E-state index contributed by atoms with van der Waals surface area (Å²) >= 11 is 0. The van der Waals surface area contributed by atoms with Gasteiger partial charge in [0.05, 0.1) is 42.3 Å². The predicted molar refractivity (Wildman–Crippen MR) is 126 cm³/mol. The summed E-state index contributed by atoms with van der Waals surface area (Å²) in [7, 11) is 1.80. The number of alkyl halides is 1. The zero-order chi connectivity index (χ0) is 25.2. The van der Waals surface area contributed by atoms with E-state index in [1.54, 1.807) is 11.7 Å². The summed E-state index contributed by atoms with van der Waals surface area (Å²) in [6, 6.07) is 3.68. The molecule has 0 aliphatic heterocycles. The molecule has 0 saturated heterocycles. The van der Waals surface area contributed by atoms with Gasteiger partial charge in [-0.15, -0.1) is 5.10 Å². The summed E-state index contributed by atoms with van der Waals surface area (Å²) in [5, 5.41) is 24.9. The molecule has 11 nitrogen and oxygen atoms in total. The number of nitrogens with zero attached hydrogens (tertiary/aromatic N) is 6. The lowest BCUT2D eigenvalue weighted by atomic mass is 9.75. The molecule has 0 aromatic carbocycles. The zero-order valence-corrected chi connectivity index (χ0v) is 20.4. The molecule has 36 heavy (non-hydrogen) atoms. The first-order chi connectivity index (χ1) is 17.4. The van der Waals surface area contributed by atoms with Crippen molar-refractivity contribution in [2.75, 3.05) is 12.0 Å². The molecule has 12 heteroatoms. The summed E-state index contributed by atoms with van der Waals surface area (Å²) in [5.74, 6) is 0.637. The maximum Gasteiger partial charge on any atom is 0.306 e. The van der Waals surface area contributed by atoms with E-state index >= 15 is 0 Å². The van der Waals surface area contributed by atoms with E-state index in [2.05, 4.69) is 30.8 Å². The molecule has 5 rings (SSSR count). The third kappa shape index (κ3) is 5.02. The molecule has 0 bridgehead atoms. The molecule has 2 aliphatic carbocycles. The Bertz CT molecular complexity index is 1220. The Morgan fingerprint density at radius 2 is 2.11 bits per heavy atom. The number of aryl methyl sites for hydroxylation is 2. The van der Waals surface area contributed by atoms with Crippen molar-refractivity contribution in [3.63, 3.8) is 0 Å². The Hall–Kier alpha value is -3.57. The molecule has 2 atom stereocenters. The number of pyridine rings is 1. The fourth-order valence-corrected chi connectivity index (χ4v) is 4.93. The second-order valence-electron chi connectivity index (χ2n) is 9.73. The van der Waals surface area contributed by atoms with Gasteiger partial charge in [0, 0.05) is 13.0 Å². The van der Waals surface area contributed by atoms with E-state index in [4.69, 9.17) is 9.26 Å². The minimum atomic E-state index is -0.761. The number of carboxylic acids is 1. The van der Waals surface area contributed by atoms with Gasteiger partial charge in [-0.1, -0.05) is 5.21 Å². The lowest BCUT2D eigenvalue weighted by molar-refractivity contribution is -0.143. The summed E-state index contributed by atoms with van der Waals surface area (Å²) < 4.78 is 25.8. The van der Waals surface area contributed by atoms with Gasteiger partial charge in [-0.3, -0.25) is 9.18 Å². The van der Waals surface area contributed by atoms with Crippen molar-refractivity contribution in [3.05, 3.63) is 29.4 Å². The van der Waals surface area contributed by atoms with Crippen LogP contribution in [-0.4, -0.2) is 54.0 Å². The number of aliphatic carboxylic acids is 1. The predicted octanol–water partition coefficient (Wildman–Crippen LogP) is 3.67. The number of hydrogen-bond acceptors (Lipinski definition) is 9. The average Bonchev–Trinajstić information content (AvgIpc) is 3.45. The van der Waals surface area contributed by atoms with Crippen molar-refractivity contribution in [2.24, 2.45) is 18.9 Å². The first-order valence-corrected chi connectivity index (χ1v) is 12.3. The number of carbonyl (C=O) groups is 1. The molecule has 2 N–H and O–H groups in total. The van der Waals surface area contributed by atoms with E-state index in [0.717, 1.165) is 31.4 Å². The van der Waals surface area contributed by atoms with Crippen LogP contribution in [0.2, 0.25) is 0 Å². The van der Waals surface area contributed by atoms with Crippen molar-refractivity contribution in [1.82, 2.24) is 30.1 Å². The molecule has 2 saturated carbocycles. The van der Waals surface area contributed by atoms with Gasteiger partial charge in [-0.05, 0) is 68.7 Å². The van der Waals surface area contributed by atoms with E-state index in [1.807, 2.05) is 19.1 Å². The number of aromatic nitrogens is 6. The van der Waals surface area contributed by atoms with Crippen LogP contribution in [0, 0.1) is 18.8 Å². The maximum absolute atomic E-state index is 12.7. The minimum absolute atomic E-state index is 0.0958. The van der Waals surface area contributed by atoms with Gasteiger partial charge >= 0.3 is 5.97 Å². The SMILES string of the molecule is Cc1nc(-c2nnn(C)c2CNc2noc(C3CC(CF)C3)n2)ccc1O[C@H]1CCC[C@H](C(=O)O)C1. The highest BCUT2D eigenvalue weighted by Gasteiger charge is 2.34. The zero-order valence-electron chi connectivity index (χ0n) is 20.4. The van der Waals surface area contributed by atoms with Gasteiger partial charge in [0.25, 0.3) is 5.95 Å². The van der Waals surface area contributed by atoms with E-state index in [-0.39, 0.29) is 30.5 Å². The van der Waals surface area contributed by atoms with Crippen molar-refractivity contribution >= 4 is 11.9 Å². The van der Waals surface area contributed by atoms with Crippen LogP contribution in [0.1, 0.15) is 61.7 Å². The molecule has 3 aromatic heterocycles. The largest absolute Gasteiger partial charge is 0.489 e. The number of anilines is 1. The standard InChI is InChI=1S/C24H30FN7O4/c1-13-20(35-17-5-3-4-15(10-17)23(33)34)7-6-18(27-13)21-19(32(2)31-29-21)12-26-24-28-22(36-30-24)16-8-14(9-16)11-25/h6-7,14-17H,3-5,8-12H2,1-2H3,(H,26,30)(H,33,34)/t14?,15-,16?,17-/m0/s1. The topological polar surface area (TPSA) is 141 Å². The van der Waals surface area contributed by atoms with Crippen molar-refractivity contribution in [2.45, 2.75) is 64.0 Å². The Morgan fingerprint density at radius 3 is 2.86 bits per heavy atom. The molecule has 2 aliphatic rings. The van der Waals surface area contributed by atoms with Gasteiger partial charge < -0.3 is 19.7 Å². The second kappa shape index (κ2) is 10.2. The van der Waals surface area contributed by atoms with E-state index in [0.29, 0.717) is 54.1 Å². The molecular formula is C24H30FN7O4. The Balaban J connectivity index is 1.24. The van der Waals surface area contributed by atoms with Crippen molar-refractivity contribution in [1.29, 1.82) is 0 Å². The fraction of sp³-hybridized carbons (Fsp3) is 0.583. The smallest absolute Gasteiger partial charge is 0.306 e. The third-order valence-corrected chi connectivity index (χ3v) is 7.15. The van der Waals surface area contributed by atoms with Crippen molar-refractivity contribution < 1.29 is 23.6 Å². The first-order valence-electron chi connectivity index (χ1n) is 12.3. The Labute approximate surface area is 207 Å². The number of rotatable bonds is 9. The van der Waals surface area contributed by atoms with Crippen LogP contribution in [0.25, 0.3) is 11.4 Å².